The number of hydrogen-bond donors (Lipinski definition) is 0. The molecule has 2 nitrogen and oxygen atoms in total. The lowest BCUT2D eigenvalue weighted by Gasteiger charge is -2.09. The zero-order valence-corrected chi connectivity index (χ0v) is 9.90. The highest BCUT2D eigenvalue weighted by atomic mass is 32.2. The third-order valence-electron chi connectivity index (χ3n) is 1.90. The monoisotopic (exact) mass is 264 g/mol. The van der Waals surface area contributed by atoms with Crippen LogP contribution in [-0.4, -0.2) is 24.2 Å². The first-order valence-corrected chi connectivity index (χ1v) is 5.80. The Morgan fingerprint density at radius 1 is 1.41 bits per heavy atom. The predicted octanol–water partition coefficient (Wildman–Crippen LogP) is 3.44. The van der Waals surface area contributed by atoms with Crippen LogP contribution in [-0.2, 0) is 0 Å². The Bertz CT molecular complexity index is 391. The van der Waals surface area contributed by atoms with Crippen LogP contribution in [0.15, 0.2) is 18.2 Å². The number of aryl methyl sites for hydroxylation is 1. The minimum atomic E-state index is -4.25. The molecule has 17 heavy (non-hydrogen) atoms. The first kappa shape index (κ1) is 13.9. The minimum absolute atomic E-state index is 0.0892. The minimum Gasteiger partial charge on any atom is -0.492 e. The van der Waals surface area contributed by atoms with Gasteiger partial charge >= 0.3 is 5.51 Å². The Morgan fingerprint density at radius 3 is 2.71 bits per heavy atom. The SMILES string of the molecule is Cc1ccc(OCCSC(F)(F)F)c(C=O)c1. The van der Waals surface area contributed by atoms with Crippen LogP contribution < -0.4 is 4.74 Å². The molecule has 0 aliphatic rings. The highest BCUT2D eigenvalue weighted by Crippen LogP contribution is 2.30. The first-order chi connectivity index (χ1) is 7.92. The van der Waals surface area contributed by atoms with Crippen molar-refractivity contribution in [1.29, 1.82) is 0 Å². The van der Waals surface area contributed by atoms with E-state index in [1.165, 1.54) is 0 Å². The number of alkyl halides is 3. The lowest BCUT2D eigenvalue weighted by molar-refractivity contribution is -0.0329. The van der Waals surface area contributed by atoms with Crippen LogP contribution in [0, 0.1) is 6.92 Å². The predicted molar refractivity (Wildman–Crippen MR) is 60.6 cm³/mol. The van der Waals surface area contributed by atoms with Crippen LogP contribution >= 0.6 is 11.8 Å². The normalized spacial score (nSPS) is 11.3. The van der Waals surface area contributed by atoms with Gasteiger partial charge in [-0.25, -0.2) is 0 Å². The Morgan fingerprint density at radius 2 is 2.12 bits per heavy atom. The van der Waals surface area contributed by atoms with Crippen LogP contribution in [0.3, 0.4) is 0 Å². The Balaban J connectivity index is 2.49. The van der Waals surface area contributed by atoms with E-state index in [1.54, 1.807) is 18.2 Å². The molecule has 0 N–H and O–H groups in total. The smallest absolute Gasteiger partial charge is 0.441 e. The van der Waals surface area contributed by atoms with E-state index in [-0.39, 0.29) is 24.1 Å². The molecule has 0 saturated heterocycles. The maximum atomic E-state index is 11.8. The van der Waals surface area contributed by atoms with Crippen molar-refractivity contribution in [3.8, 4) is 5.75 Å². The Hall–Kier alpha value is -1.17. The van der Waals surface area contributed by atoms with E-state index in [1.807, 2.05) is 6.92 Å². The third kappa shape index (κ3) is 5.12. The van der Waals surface area contributed by atoms with Crippen molar-refractivity contribution >= 4 is 18.0 Å². The molecule has 0 heterocycles. The van der Waals surface area contributed by atoms with Gasteiger partial charge in [0.05, 0.1) is 12.2 Å². The standard InChI is InChI=1S/C11H11F3O2S/c1-8-2-3-10(9(6-8)7-15)16-4-5-17-11(12,13)14/h2-3,6-7H,4-5H2,1H3. The number of aldehydes is 1. The summed E-state index contributed by atoms with van der Waals surface area (Å²) in [6.45, 7) is 1.73. The van der Waals surface area contributed by atoms with E-state index in [0.717, 1.165) is 5.56 Å². The van der Waals surface area contributed by atoms with Gasteiger partial charge in [-0.3, -0.25) is 4.79 Å². The first-order valence-electron chi connectivity index (χ1n) is 4.81. The van der Waals surface area contributed by atoms with Crippen molar-refractivity contribution in [2.75, 3.05) is 12.4 Å². The summed E-state index contributed by atoms with van der Waals surface area (Å²) in [4.78, 5) is 10.7. The number of thioether (sulfide) groups is 1. The maximum absolute atomic E-state index is 11.8. The molecule has 0 radical (unpaired) electrons. The van der Waals surface area contributed by atoms with E-state index in [9.17, 15) is 18.0 Å². The fourth-order valence-corrected chi connectivity index (χ4v) is 1.60. The third-order valence-corrected chi connectivity index (χ3v) is 2.60. The zero-order chi connectivity index (χ0) is 12.9. The summed E-state index contributed by atoms with van der Waals surface area (Å²) in [5.74, 6) is 0.115. The molecule has 1 rings (SSSR count). The molecule has 0 saturated carbocycles. The summed E-state index contributed by atoms with van der Waals surface area (Å²) in [5, 5.41) is 0. The zero-order valence-electron chi connectivity index (χ0n) is 9.08. The van der Waals surface area contributed by atoms with Crippen molar-refractivity contribution in [1.82, 2.24) is 0 Å². The van der Waals surface area contributed by atoms with E-state index in [2.05, 4.69) is 0 Å². The van der Waals surface area contributed by atoms with E-state index in [4.69, 9.17) is 4.74 Å². The highest BCUT2D eigenvalue weighted by Gasteiger charge is 2.27. The van der Waals surface area contributed by atoms with Gasteiger partial charge in [0.2, 0.25) is 0 Å². The average molecular weight is 264 g/mol. The van der Waals surface area contributed by atoms with Crippen molar-refractivity contribution in [2.45, 2.75) is 12.4 Å². The molecule has 6 heteroatoms. The van der Waals surface area contributed by atoms with Gasteiger partial charge < -0.3 is 4.74 Å². The van der Waals surface area contributed by atoms with Crippen LogP contribution in [0.2, 0.25) is 0 Å². The lowest BCUT2D eigenvalue weighted by Crippen LogP contribution is -2.08. The summed E-state index contributed by atoms with van der Waals surface area (Å²) in [6.07, 6.45) is 0.624. The Kier molecular flexibility index (Phi) is 4.86. The van der Waals surface area contributed by atoms with Gasteiger partial charge in [-0.05, 0) is 30.8 Å². The van der Waals surface area contributed by atoms with Crippen LogP contribution in [0.1, 0.15) is 15.9 Å². The van der Waals surface area contributed by atoms with Crippen LogP contribution in [0.4, 0.5) is 13.2 Å². The van der Waals surface area contributed by atoms with Gasteiger partial charge in [0, 0.05) is 5.75 Å². The molecule has 1 aromatic carbocycles. The molecule has 0 fully saturated rings. The number of benzene rings is 1. The van der Waals surface area contributed by atoms with Crippen molar-refractivity contribution in [2.24, 2.45) is 0 Å². The van der Waals surface area contributed by atoms with Crippen LogP contribution in [0.5, 0.6) is 5.75 Å². The lowest BCUT2D eigenvalue weighted by atomic mass is 10.1. The average Bonchev–Trinajstić information content (AvgIpc) is 2.24. The Labute approximate surface area is 101 Å². The van der Waals surface area contributed by atoms with Gasteiger partial charge in [0.25, 0.3) is 0 Å². The van der Waals surface area contributed by atoms with Gasteiger partial charge in [0.15, 0.2) is 6.29 Å². The molecule has 1 aromatic rings. The van der Waals surface area contributed by atoms with Crippen molar-refractivity contribution in [3.05, 3.63) is 29.3 Å². The van der Waals surface area contributed by atoms with E-state index < -0.39 is 5.51 Å². The van der Waals surface area contributed by atoms with E-state index >= 15 is 0 Å². The highest BCUT2D eigenvalue weighted by molar-refractivity contribution is 8.00. The molecule has 94 valence electrons. The fraction of sp³-hybridized carbons (Fsp3) is 0.364. The molecule has 0 spiro atoms. The number of halogens is 3. The summed E-state index contributed by atoms with van der Waals surface area (Å²) in [5.41, 5.74) is -3.00. The molecular formula is C11H11F3O2S. The quantitative estimate of drug-likeness (QED) is 0.602. The molecule has 0 bridgehead atoms. The molecule has 0 aliphatic heterocycles. The summed E-state index contributed by atoms with van der Waals surface area (Å²) in [6, 6.07) is 4.94. The number of hydrogen-bond acceptors (Lipinski definition) is 3. The topological polar surface area (TPSA) is 26.3 Å². The fourth-order valence-electron chi connectivity index (χ4n) is 1.20. The van der Waals surface area contributed by atoms with Gasteiger partial charge in [0.1, 0.15) is 5.75 Å². The summed E-state index contributed by atoms with van der Waals surface area (Å²) in [7, 11) is 0. The largest absolute Gasteiger partial charge is 0.492 e. The molecule has 0 aromatic heterocycles. The van der Waals surface area contributed by atoms with Crippen molar-refractivity contribution < 1.29 is 22.7 Å². The number of carbonyl (C=O) groups excluding carboxylic acids is 1. The summed E-state index contributed by atoms with van der Waals surface area (Å²) < 4.78 is 40.6. The van der Waals surface area contributed by atoms with Gasteiger partial charge in [-0.15, -0.1) is 0 Å². The van der Waals surface area contributed by atoms with Gasteiger partial charge in [-0.1, -0.05) is 11.6 Å². The van der Waals surface area contributed by atoms with Crippen molar-refractivity contribution in [3.63, 3.8) is 0 Å². The number of ether oxygens (including phenoxy) is 1. The second kappa shape index (κ2) is 5.95. The molecule has 0 unspecified atom stereocenters. The molecular weight excluding hydrogens is 253 g/mol. The molecule has 0 amide bonds. The summed E-state index contributed by atoms with van der Waals surface area (Å²) >= 11 is -0.144. The number of carbonyl (C=O) groups is 1. The van der Waals surface area contributed by atoms with Crippen LogP contribution in [0.25, 0.3) is 0 Å². The second-order valence-electron chi connectivity index (χ2n) is 3.30. The van der Waals surface area contributed by atoms with E-state index in [0.29, 0.717) is 17.6 Å². The number of rotatable bonds is 5. The maximum Gasteiger partial charge on any atom is 0.441 e. The molecule has 0 aliphatic carbocycles. The second-order valence-corrected chi connectivity index (χ2v) is 4.46. The molecule has 0 atom stereocenters. The van der Waals surface area contributed by atoms with Gasteiger partial charge in [-0.2, -0.15) is 13.2 Å².